The number of nitrogens with one attached hydrogen (secondary N) is 1. The van der Waals surface area contributed by atoms with Gasteiger partial charge in [-0.1, -0.05) is 11.2 Å². The molecule has 1 saturated carbocycles. The second-order valence-corrected chi connectivity index (χ2v) is 12.8. The summed E-state index contributed by atoms with van der Waals surface area (Å²) in [4.78, 5) is 12.8. The number of anilines is 1. The monoisotopic (exact) mass is 504 g/mol. The molecule has 1 heterocycles. The van der Waals surface area contributed by atoms with E-state index in [1.54, 1.807) is 33.0 Å². The fourth-order valence-electron chi connectivity index (χ4n) is 3.22. The predicted molar refractivity (Wildman–Crippen MR) is 124 cm³/mol. The minimum atomic E-state index is -3.61. The van der Waals surface area contributed by atoms with Gasteiger partial charge in [0.2, 0.25) is 15.9 Å². The Bertz CT molecular complexity index is 1430. The molecule has 1 N–H and O–H groups in total. The second-order valence-electron chi connectivity index (χ2n) is 8.26. The molecule has 1 aliphatic carbocycles. The van der Waals surface area contributed by atoms with Gasteiger partial charge in [-0.25, -0.2) is 16.8 Å². The van der Waals surface area contributed by atoms with Crippen LogP contribution in [0.25, 0.3) is 11.5 Å². The Morgan fingerprint density at radius 3 is 2.32 bits per heavy atom. The van der Waals surface area contributed by atoms with E-state index in [1.165, 1.54) is 40.7 Å². The summed E-state index contributed by atoms with van der Waals surface area (Å²) in [5, 5.41) is 9.55. The van der Waals surface area contributed by atoms with E-state index in [4.69, 9.17) is 4.42 Å². The molecule has 12 heteroatoms. The third-order valence-corrected chi connectivity index (χ3v) is 9.61. The molecule has 1 aromatic heterocycles. The fraction of sp³-hybridized carbons (Fsp3) is 0.318. The first-order valence-electron chi connectivity index (χ1n) is 10.6. The predicted octanol–water partition coefficient (Wildman–Crippen LogP) is 2.95. The van der Waals surface area contributed by atoms with Crippen molar-refractivity contribution >= 4 is 31.8 Å². The minimum Gasteiger partial charge on any atom is -0.403 e. The molecule has 1 amide bonds. The van der Waals surface area contributed by atoms with Gasteiger partial charge < -0.3 is 4.42 Å². The molecule has 0 bridgehead atoms. The van der Waals surface area contributed by atoms with Gasteiger partial charge in [-0.05, 0) is 69.2 Å². The number of sulfonamides is 1. The van der Waals surface area contributed by atoms with Gasteiger partial charge in [0.1, 0.15) is 0 Å². The summed E-state index contributed by atoms with van der Waals surface area (Å²) in [5.74, 6) is -0.522. The van der Waals surface area contributed by atoms with Crippen LogP contribution in [-0.4, -0.2) is 55.6 Å². The van der Waals surface area contributed by atoms with Gasteiger partial charge >= 0.3 is 6.01 Å². The number of sulfone groups is 1. The molecule has 0 atom stereocenters. The van der Waals surface area contributed by atoms with E-state index in [0.717, 1.165) is 12.8 Å². The average Bonchev–Trinajstić information content (AvgIpc) is 3.56. The Hall–Kier alpha value is -3.09. The van der Waals surface area contributed by atoms with E-state index >= 15 is 0 Å². The largest absolute Gasteiger partial charge is 0.403 e. The van der Waals surface area contributed by atoms with Crippen molar-refractivity contribution in [3.05, 3.63) is 54.1 Å². The average molecular weight is 505 g/mol. The van der Waals surface area contributed by atoms with E-state index in [-0.39, 0.29) is 33.3 Å². The number of rotatable bonds is 8. The summed E-state index contributed by atoms with van der Waals surface area (Å²) in [5.41, 5.74) is 0.599. The maximum atomic E-state index is 12.6. The lowest BCUT2D eigenvalue weighted by Crippen LogP contribution is -2.29. The van der Waals surface area contributed by atoms with Crippen molar-refractivity contribution in [3.8, 4) is 11.5 Å². The van der Waals surface area contributed by atoms with Crippen LogP contribution in [-0.2, 0) is 19.9 Å². The lowest BCUT2D eigenvalue weighted by atomic mass is 10.2. The molecule has 34 heavy (non-hydrogen) atoms. The molecule has 4 rings (SSSR count). The Balaban J connectivity index is 1.48. The van der Waals surface area contributed by atoms with Crippen molar-refractivity contribution in [2.75, 3.05) is 12.4 Å². The van der Waals surface area contributed by atoms with Crippen LogP contribution in [0, 0.1) is 0 Å². The second kappa shape index (κ2) is 8.93. The van der Waals surface area contributed by atoms with Crippen LogP contribution in [0.4, 0.5) is 6.01 Å². The van der Waals surface area contributed by atoms with E-state index in [1.807, 2.05) is 0 Å². The van der Waals surface area contributed by atoms with Crippen LogP contribution in [0.2, 0.25) is 0 Å². The molecule has 10 nitrogen and oxygen atoms in total. The number of nitrogens with zero attached hydrogens (tertiary/aromatic N) is 3. The quantitative estimate of drug-likeness (QED) is 0.494. The molecule has 0 aliphatic heterocycles. The van der Waals surface area contributed by atoms with Crippen molar-refractivity contribution < 1.29 is 26.0 Å². The third kappa shape index (κ3) is 4.74. The van der Waals surface area contributed by atoms with Crippen LogP contribution >= 0.6 is 0 Å². The van der Waals surface area contributed by atoms with Gasteiger partial charge in [-0.3, -0.25) is 10.1 Å². The summed E-state index contributed by atoms with van der Waals surface area (Å²) < 4.78 is 56.9. The Morgan fingerprint density at radius 1 is 1.03 bits per heavy atom. The molecule has 3 aromatic rings. The minimum absolute atomic E-state index is 0.0332. The highest BCUT2D eigenvalue weighted by Gasteiger charge is 2.35. The molecular formula is C22H24N4O6S2. The van der Waals surface area contributed by atoms with Gasteiger partial charge in [0.15, 0.2) is 9.84 Å². The fourth-order valence-corrected chi connectivity index (χ4v) is 5.74. The van der Waals surface area contributed by atoms with Crippen LogP contribution in [0.5, 0.6) is 0 Å². The topological polar surface area (TPSA) is 140 Å². The van der Waals surface area contributed by atoms with Gasteiger partial charge in [0, 0.05) is 24.2 Å². The van der Waals surface area contributed by atoms with E-state index < -0.39 is 31.0 Å². The van der Waals surface area contributed by atoms with Crippen LogP contribution in [0.3, 0.4) is 0 Å². The lowest BCUT2D eigenvalue weighted by Gasteiger charge is -2.16. The first kappa shape index (κ1) is 24.0. The van der Waals surface area contributed by atoms with Gasteiger partial charge in [0.25, 0.3) is 5.91 Å². The van der Waals surface area contributed by atoms with Crippen molar-refractivity contribution in [1.29, 1.82) is 0 Å². The number of aromatic nitrogens is 2. The number of carbonyl (C=O) groups is 1. The maximum Gasteiger partial charge on any atom is 0.322 e. The maximum absolute atomic E-state index is 12.6. The first-order valence-corrected chi connectivity index (χ1v) is 13.6. The number of benzene rings is 2. The van der Waals surface area contributed by atoms with E-state index in [2.05, 4.69) is 15.5 Å². The zero-order valence-corrected chi connectivity index (χ0v) is 20.4. The zero-order chi connectivity index (χ0) is 24.7. The molecule has 0 spiro atoms. The van der Waals surface area contributed by atoms with Crippen molar-refractivity contribution in [1.82, 2.24) is 14.5 Å². The van der Waals surface area contributed by atoms with Crippen molar-refractivity contribution in [2.45, 2.75) is 47.8 Å². The zero-order valence-electron chi connectivity index (χ0n) is 18.8. The lowest BCUT2D eigenvalue weighted by molar-refractivity contribution is 0.102. The van der Waals surface area contributed by atoms with Crippen LogP contribution in [0.15, 0.2) is 62.7 Å². The van der Waals surface area contributed by atoms with E-state index in [0.29, 0.717) is 5.56 Å². The van der Waals surface area contributed by atoms with Crippen LogP contribution < -0.4 is 5.32 Å². The Morgan fingerprint density at radius 2 is 1.71 bits per heavy atom. The molecule has 1 fully saturated rings. The smallest absolute Gasteiger partial charge is 0.322 e. The van der Waals surface area contributed by atoms with Crippen molar-refractivity contribution in [2.24, 2.45) is 0 Å². The SMILES string of the molecule is CC(C)S(=O)(=O)c1cccc(-c2nnc(NC(=O)c3ccc(S(=O)(=O)N(C)C4CC4)cc3)o2)c1. The summed E-state index contributed by atoms with van der Waals surface area (Å²) in [6, 6.07) is 11.5. The third-order valence-electron chi connectivity index (χ3n) is 5.53. The highest BCUT2D eigenvalue weighted by Crippen LogP contribution is 2.30. The first-order chi connectivity index (χ1) is 16.0. The summed E-state index contributed by atoms with van der Waals surface area (Å²) in [6.45, 7) is 3.19. The summed E-state index contributed by atoms with van der Waals surface area (Å²) >= 11 is 0. The highest BCUT2D eigenvalue weighted by atomic mass is 32.2. The Kier molecular flexibility index (Phi) is 6.32. The normalized spacial score (nSPS) is 14.5. The molecule has 2 aromatic carbocycles. The van der Waals surface area contributed by atoms with Gasteiger partial charge in [0.05, 0.1) is 15.0 Å². The summed E-state index contributed by atoms with van der Waals surface area (Å²) in [6.07, 6.45) is 1.69. The number of amides is 1. The van der Waals surface area contributed by atoms with Gasteiger partial charge in [-0.15, -0.1) is 5.10 Å². The molecule has 0 saturated heterocycles. The highest BCUT2D eigenvalue weighted by molar-refractivity contribution is 7.92. The molecule has 0 radical (unpaired) electrons. The molecular weight excluding hydrogens is 480 g/mol. The van der Waals surface area contributed by atoms with Gasteiger partial charge in [-0.2, -0.15) is 4.31 Å². The standard InChI is InChI=1S/C22H24N4O6S2/c1-14(2)33(28,29)19-6-4-5-16(13-19)21-24-25-22(32-21)23-20(27)15-7-11-18(12-8-15)34(30,31)26(3)17-9-10-17/h4-8,11-14,17H,9-10H2,1-3H3,(H,23,25,27). The number of hydrogen-bond donors (Lipinski definition) is 1. The number of carbonyl (C=O) groups excluding carboxylic acids is 1. The molecule has 1 aliphatic rings. The van der Waals surface area contributed by atoms with E-state index in [9.17, 15) is 21.6 Å². The molecule has 180 valence electrons. The van der Waals surface area contributed by atoms with Crippen molar-refractivity contribution in [3.63, 3.8) is 0 Å². The summed E-state index contributed by atoms with van der Waals surface area (Å²) in [7, 11) is -5.54. The van der Waals surface area contributed by atoms with Crippen LogP contribution in [0.1, 0.15) is 37.0 Å². The Labute approximate surface area is 198 Å². The molecule has 0 unspecified atom stereocenters. The number of hydrogen-bond acceptors (Lipinski definition) is 8.